The van der Waals surface area contributed by atoms with Crippen molar-refractivity contribution in [3.8, 4) is 0 Å². The van der Waals surface area contributed by atoms with Gasteiger partial charge in [-0.2, -0.15) is 5.10 Å². The van der Waals surface area contributed by atoms with Crippen molar-refractivity contribution >= 4 is 22.6 Å². The molecule has 0 saturated carbocycles. The predicted octanol–water partition coefficient (Wildman–Crippen LogP) is 2.81. The van der Waals surface area contributed by atoms with Crippen LogP contribution >= 0.6 is 0 Å². The number of anilines is 1. The molecule has 0 unspecified atom stereocenters. The van der Waals surface area contributed by atoms with Crippen molar-refractivity contribution in [2.45, 2.75) is 32.1 Å². The van der Waals surface area contributed by atoms with Crippen LogP contribution in [-0.4, -0.2) is 26.1 Å². The van der Waals surface area contributed by atoms with Gasteiger partial charge in [0.2, 0.25) is 0 Å². The van der Waals surface area contributed by atoms with Crippen LogP contribution in [-0.2, 0) is 12.8 Å². The Morgan fingerprint density at radius 3 is 3.09 bits per heavy atom. The summed E-state index contributed by atoms with van der Waals surface area (Å²) < 4.78 is 0. The normalized spacial score (nSPS) is 14.5. The summed E-state index contributed by atoms with van der Waals surface area (Å²) in [6, 6.07) is 3.83. The van der Waals surface area contributed by atoms with E-state index in [1.165, 1.54) is 6.42 Å². The zero-order chi connectivity index (χ0) is 14.9. The van der Waals surface area contributed by atoms with Crippen LogP contribution in [0.15, 0.2) is 24.5 Å². The van der Waals surface area contributed by atoms with E-state index in [2.05, 4.69) is 25.5 Å². The van der Waals surface area contributed by atoms with Gasteiger partial charge in [0.05, 0.1) is 11.9 Å². The highest BCUT2D eigenvalue weighted by Crippen LogP contribution is 2.23. The van der Waals surface area contributed by atoms with Gasteiger partial charge in [0.25, 0.3) is 5.91 Å². The Bertz CT molecular complexity index is 832. The van der Waals surface area contributed by atoms with Gasteiger partial charge in [-0.05, 0) is 37.8 Å². The van der Waals surface area contributed by atoms with E-state index < -0.39 is 0 Å². The number of aromatic nitrogens is 4. The number of H-pyrrole nitrogens is 2. The van der Waals surface area contributed by atoms with Crippen molar-refractivity contribution in [3.63, 3.8) is 0 Å². The summed E-state index contributed by atoms with van der Waals surface area (Å²) in [5.41, 5.74) is 4.20. The molecule has 1 amide bonds. The molecular weight excluding hydrogens is 278 g/mol. The quantitative estimate of drug-likeness (QED) is 0.635. The second-order valence-electron chi connectivity index (χ2n) is 5.68. The van der Waals surface area contributed by atoms with Gasteiger partial charge in [-0.3, -0.25) is 9.89 Å². The zero-order valence-electron chi connectivity index (χ0n) is 12.1. The number of fused-ring (bicyclic) bond motifs is 2. The fraction of sp³-hybridized carbons (Fsp3) is 0.312. The summed E-state index contributed by atoms with van der Waals surface area (Å²) in [5, 5.41) is 11.1. The van der Waals surface area contributed by atoms with E-state index in [4.69, 9.17) is 0 Å². The van der Waals surface area contributed by atoms with Gasteiger partial charge < -0.3 is 10.3 Å². The Hall–Kier alpha value is -2.63. The molecule has 0 saturated heterocycles. The number of aromatic amines is 2. The molecule has 1 aliphatic carbocycles. The third kappa shape index (κ3) is 2.26. The number of hydrogen-bond donors (Lipinski definition) is 3. The number of hydrogen-bond acceptors (Lipinski definition) is 3. The first-order valence-electron chi connectivity index (χ1n) is 7.62. The molecule has 3 heterocycles. The third-order valence-corrected chi connectivity index (χ3v) is 4.18. The minimum atomic E-state index is -0.170. The Kier molecular flexibility index (Phi) is 3.14. The number of carbonyl (C=O) groups excluding carboxylic acids is 1. The second kappa shape index (κ2) is 5.29. The number of aryl methyl sites for hydroxylation is 1. The molecule has 0 atom stereocenters. The summed E-state index contributed by atoms with van der Waals surface area (Å²) in [5.74, 6) is -0.170. The molecule has 112 valence electrons. The number of nitrogens with zero attached hydrogens (tertiary/aromatic N) is 2. The van der Waals surface area contributed by atoms with Crippen molar-refractivity contribution in [1.82, 2.24) is 20.2 Å². The lowest BCUT2D eigenvalue weighted by atomic mass is 10.1. The largest absolute Gasteiger partial charge is 0.346 e. The molecule has 0 radical (unpaired) electrons. The Morgan fingerprint density at radius 1 is 1.23 bits per heavy atom. The predicted molar refractivity (Wildman–Crippen MR) is 83.9 cm³/mol. The van der Waals surface area contributed by atoms with E-state index in [9.17, 15) is 4.79 Å². The Balaban J connectivity index is 1.60. The summed E-state index contributed by atoms with van der Waals surface area (Å²) in [6.45, 7) is 0. The molecule has 0 bridgehead atoms. The number of rotatable bonds is 2. The summed E-state index contributed by atoms with van der Waals surface area (Å²) in [6.07, 6.45) is 8.86. The monoisotopic (exact) mass is 295 g/mol. The highest BCUT2D eigenvalue weighted by atomic mass is 16.1. The number of nitrogens with one attached hydrogen (secondary N) is 3. The van der Waals surface area contributed by atoms with Gasteiger partial charge in [0, 0.05) is 22.8 Å². The van der Waals surface area contributed by atoms with Crippen molar-refractivity contribution in [1.29, 1.82) is 0 Å². The summed E-state index contributed by atoms with van der Waals surface area (Å²) >= 11 is 0. The maximum absolute atomic E-state index is 12.5. The molecule has 4 rings (SSSR count). The Labute approximate surface area is 127 Å². The molecule has 22 heavy (non-hydrogen) atoms. The smallest absolute Gasteiger partial charge is 0.276 e. The standard InChI is InChI=1S/C16H17N5O/c22-16(14-12-4-2-1-3-5-13(12)20-21-14)19-11-8-10-6-7-17-15(10)18-9-11/h6-9H,1-5H2,(H,17,18)(H,19,22)(H,20,21). The lowest BCUT2D eigenvalue weighted by molar-refractivity contribution is 0.102. The molecule has 3 aromatic heterocycles. The van der Waals surface area contributed by atoms with Crippen LogP contribution in [0.1, 0.15) is 41.0 Å². The van der Waals surface area contributed by atoms with Crippen LogP contribution in [0.25, 0.3) is 11.0 Å². The summed E-state index contributed by atoms with van der Waals surface area (Å²) in [4.78, 5) is 19.8. The molecule has 1 aliphatic rings. The van der Waals surface area contributed by atoms with E-state index in [0.717, 1.165) is 48.0 Å². The van der Waals surface area contributed by atoms with Gasteiger partial charge >= 0.3 is 0 Å². The van der Waals surface area contributed by atoms with E-state index in [1.807, 2.05) is 18.3 Å². The molecule has 6 nitrogen and oxygen atoms in total. The molecule has 3 aromatic rings. The fourth-order valence-corrected chi connectivity index (χ4v) is 3.04. The number of pyridine rings is 1. The number of carbonyl (C=O) groups is 1. The van der Waals surface area contributed by atoms with E-state index >= 15 is 0 Å². The number of amides is 1. The van der Waals surface area contributed by atoms with Crippen molar-refractivity contribution in [2.24, 2.45) is 0 Å². The lowest BCUT2D eigenvalue weighted by Crippen LogP contribution is -2.14. The van der Waals surface area contributed by atoms with Crippen LogP contribution in [0.4, 0.5) is 5.69 Å². The van der Waals surface area contributed by atoms with Gasteiger partial charge in [0.15, 0.2) is 5.69 Å². The molecule has 0 aliphatic heterocycles. The maximum Gasteiger partial charge on any atom is 0.276 e. The molecule has 0 spiro atoms. The molecule has 0 aromatic carbocycles. The van der Waals surface area contributed by atoms with Gasteiger partial charge in [-0.15, -0.1) is 0 Å². The first kappa shape index (κ1) is 13.1. The molecule has 3 N–H and O–H groups in total. The molecule has 0 fully saturated rings. The van der Waals surface area contributed by atoms with Crippen LogP contribution in [0.3, 0.4) is 0 Å². The van der Waals surface area contributed by atoms with Crippen molar-refractivity contribution in [2.75, 3.05) is 5.32 Å². The topological polar surface area (TPSA) is 86.5 Å². The second-order valence-corrected chi connectivity index (χ2v) is 5.68. The minimum absolute atomic E-state index is 0.170. The van der Waals surface area contributed by atoms with Crippen LogP contribution in [0, 0.1) is 0 Å². The highest BCUT2D eigenvalue weighted by molar-refractivity contribution is 6.04. The third-order valence-electron chi connectivity index (χ3n) is 4.18. The highest BCUT2D eigenvalue weighted by Gasteiger charge is 2.21. The van der Waals surface area contributed by atoms with Crippen LogP contribution < -0.4 is 5.32 Å². The van der Waals surface area contributed by atoms with Crippen LogP contribution in [0.2, 0.25) is 0 Å². The van der Waals surface area contributed by atoms with E-state index in [1.54, 1.807) is 6.20 Å². The van der Waals surface area contributed by atoms with E-state index in [-0.39, 0.29) is 5.91 Å². The van der Waals surface area contributed by atoms with Crippen LogP contribution in [0.5, 0.6) is 0 Å². The zero-order valence-corrected chi connectivity index (χ0v) is 12.1. The molecule has 6 heteroatoms. The van der Waals surface area contributed by atoms with Gasteiger partial charge in [-0.1, -0.05) is 6.42 Å². The Morgan fingerprint density at radius 2 is 2.14 bits per heavy atom. The minimum Gasteiger partial charge on any atom is -0.346 e. The fourth-order valence-electron chi connectivity index (χ4n) is 3.04. The van der Waals surface area contributed by atoms with Crippen molar-refractivity contribution in [3.05, 3.63) is 41.5 Å². The maximum atomic E-state index is 12.5. The molecular formula is C16H17N5O. The van der Waals surface area contributed by atoms with Gasteiger partial charge in [-0.25, -0.2) is 4.98 Å². The summed E-state index contributed by atoms with van der Waals surface area (Å²) in [7, 11) is 0. The van der Waals surface area contributed by atoms with E-state index in [0.29, 0.717) is 11.4 Å². The average molecular weight is 295 g/mol. The lowest BCUT2D eigenvalue weighted by Gasteiger charge is -2.05. The first-order valence-corrected chi connectivity index (χ1v) is 7.62. The average Bonchev–Trinajstić information content (AvgIpc) is 3.08. The first-order chi connectivity index (χ1) is 10.8. The van der Waals surface area contributed by atoms with Gasteiger partial charge in [0.1, 0.15) is 5.65 Å². The van der Waals surface area contributed by atoms with Crippen molar-refractivity contribution < 1.29 is 4.79 Å². The SMILES string of the molecule is O=C(Nc1cnc2[nH]ccc2c1)c1n[nH]c2c1CCCCC2.